The number of benzene rings is 1. The smallest absolute Gasteiger partial charge is 0.260 e. The summed E-state index contributed by atoms with van der Waals surface area (Å²) >= 11 is 1.50. The number of thiophene rings is 1. The number of nitrogens with one attached hydrogen (secondary N) is 1. The molecule has 2 aromatic heterocycles. The SMILES string of the molecule is Cc1sc2nc(-c3ccc(F)cc3)[nH]c(=O)c2c1C. The Hall–Kier alpha value is -2.01. The molecule has 0 aliphatic heterocycles. The molecule has 0 bridgehead atoms. The van der Waals surface area contributed by atoms with E-state index in [2.05, 4.69) is 9.97 Å². The van der Waals surface area contributed by atoms with Crippen molar-refractivity contribution in [2.75, 3.05) is 0 Å². The first-order chi connectivity index (χ1) is 9.06. The third kappa shape index (κ3) is 1.96. The zero-order valence-electron chi connectivity index (χ0n) is 10.5. The quantitative estimate of drug-likeness (QED) is 0.739. The molecular formula is C14H11FN2OS. The first-order valence-corrected chi connectivity index (χ1v) is 6.64. The van der Waals surface area contributed by atoms with Gasteiger partial charge in [0.15, 0.2) is 0 Å². The number of hydrogen-bond acceptors (Lipinski definition) is 3. The summed E-state index contributed by atoms with van der Waals surface area (Å²) in [6.45, 7) is 3.89. The molecule has 0 saturated carbocycles. The Morgan fingerprint density at radius 2 is 1.89 bits per heavy atom. The lowest BCUT2D eigenvalue weighted by molar-refractivity contribution is 0.628. The van der Waals surface area contributed by atoms with Crippen LogP contribution in [0, 0.1) is 19.7 Å². The molecule has 5 heteroatoms. The summed E-state index contributed by atoms with van der Waals surface area (Å²) in [6, 6.07) is 5.91. The van der Waals surface area contributed by atoms with Crippen molar-refractivity contribution in [1.82, 2.24) is 9.97 Å². The van der Waals surface area contributed by atoms with Gasteiger partial charge in [-0.25, -0.2) is 9.37 Å². The lowest BCUT2D eigenvalue weighted by Crippen LogP contribution is -2.09. The van der Waals surface area contributed by atoms with Gasteiger partial charge in [0.2, 0.25) is 0 Å². The molecule has 19 heavy (non-hydrogen) atoms. The number of rotatable bonds is 1. The molecule has 1 aromatic carbocycles. The van der Waals surface area contributed by atoms with Gasteiger partial charge >= 0.3 is 0 Å². The second-order valence-corrected chi connectivity index (χ2v) is 5.59. The average molecular weight is 274 g/mol. The molecule has 0 aliphatic carbocycles. The number of aryl methyl sites for hydroxylation is 2. The van der Waals surface area contributed by atoms with Gasteiger partial charge in [0.25, 0.3) is 5.56 Å². The number of aromatic amines is 1. The Morgan fingerprint density at radius 3 is 2.58 bits per heavy atom. The van der Waals surface area contributed by atoms with Gasteiger partial charge in [-0.15, -0.1) is 11.3 Å². The molecule has 3 aromatic rings. The highest BCUT2D eigenvalue weighted by Crippen LogP contribution is 2.27. The second kappa shape index (κ2) is 4.28. The molecule has 3 nitrogen and oxygen atoms in total. The molecule has 96 valence electrons. The van der Waals surface area contributed by atoms with E-state index < -0.39 is 0 Å². The van der Waals surface area contributed by atoms with Crippen LogP contribution in [0.2, 0.25) is 0 Å². The minimum atomic E-state index is -0.310. The van der Waals surface area contributed by atoms with Crippen LogP contribution in [-0.4, -0.2) is 9.97 Å². The van der Waals surface area contributed by atoms with Gasteiger partial charge in [-0.1, -0.05) is 0 Å². The molecule has 0 unspecified atom stereocenters. The van der Waals surface area contributed by atoms with Gasteiger partial charge in [-0.3, -0.25) is 4.79 Å². The Kier molecular flexibility index (Phi) is 2.71. The van der Waals surface area contributed by atoms with Crippen molar-refractivity contribution in [3.63, 3.8) is 0 Å². The van der Waals surface area contributed by atoms with Crippen molar-refractivity contribution in [3.05, 3.63) is 50.9 Å². The Morgan fingerprint density at radius 1 is 1.21 bits per heavy atom. The van der Waals surface area contributed by atoms with E-state index in [-0.39, 0.29) is 11.4 Å². The molecule has 0 amide bonds. The predicted molar refractivity (Wildman–Crippen MR) is 75.1 cm³/mol. The van der Waals surface area contributed by atoms with E-state index >= 15 is 0 Å². The minimum absolute atomic E-state index is 0.147. The molecule has 2 heterocycles. The van der Waals surface area contributed by atoms with Crippen molar-refractivity contribution >= 4 is 21.6 Å². The summed E-state index contributed by atoms with van der Waals surface area (Å²) in [5.74, 6) is 0.161. The van der Waals surface area contributed by atoms with Crippen molar-refractivity contribution in [1.29, 1.82) is 0 Å². The summed E-state index contributed by atoms with van der Waals surface area (Å²) in [4.78, 5) is 21.1. The van der Waals surface area contributed by atoms with Crippen LogP contribution in [0.5, 0.6) is 0 Å². The summed E-state index contributed by atoms with van der Waals surface area (Å²) in [6.07, 6.45) is 0. The van der Waals surface area contributed by atoms with Crippen molar-refractivity contribution in [2.45, 2.75) is 13.8 Å². The maximum atomic E-state index is 12.9. The largest absolute Gasteiger partial charge is 0.306 e. The van der Waals surface area contributed by atoms with E-state index in [4.69, 9.17) is 0 Å². The molecular weight excluding hydrogens is 263 g/mol. The lowest BCUT2D eigenvalue weighted by atomic mass is 10.2. The Labute approximate surface area is 112 Å². The minimum Gasteiger partial charge on any atom is -0.306 e. The summed E-state index contributed by atoms with van der Waals surface area (Å²) in [5, 5.41) is 0.647. The van der Waals surface area contributed by atoms with Crippen LogP contribution >= 0.6 is 11.3 Å². The van der Waals surface area contributed by atoms with Crippen LogP contribution < -0.4 is 5.56 Å². The zero-order valence-corrected chi connectivity index (χ0v) is 11.3. The molecule has 3 rings (SSSR count). The number of H-pyrrole nitrogens is 1. The number of aromatic nitrogens is 2. The van der Waals surface area contributed by atoms with Crippen LogP contribution in [0.15, 0.2) is 29.1 Å². The molecule has 0 atom stereocenters. The van der Waals surface area contributed by atoms with Gasteiger partial charge in [-0.05, 0) is 43.7 Å². The molecule has 0 aliphatic rings. The molecule has 1 N–H and O–H groups in total. The number of nitrogens with zero attached hydrogens (tertiary/aromatic N) is 1. The van der Waals surface area contributed by atoms with Crippen LogP contribution in [0.4, 0.5) is 4.39 Å². The Bertz CT molecular complexity index is 818. The summed E-state index contributed by atoms with van der Waals surface area (Å²) in [7, 11) is 0. The zero-order chi connectivity index (χ0) is 13.6. The van der Waals surface area contributed by atoms with E-state index in [1.165, 1.54) is 23.5 Å². The Balaban J connectivity index is 2.27. The van der Waals surface area contributed by atoms with Crippen LogP contribution in [0.1, 0.15) is 10.4 Å². The van der Waals surface area contributed by atoms with Crippen LogP contribution in [0.25, 0.3) is 21.6 Å². The third-order valence-corrected chi connectivity index (χ3v) is 4.26. The van der Waals surface area contributed by atoms with E-state index in [0.717, 1.165) is 15.3 Å². The van der Waals surface area contributed by atoms with Crippen molar-refractivity contribution < 1.29 is 4.39 Å². The van der Waals surface area contributed by atoms with Crippen molar-refractivity contribution in [2.24, 2.45) is 0 Å². The molecule has 0 radical (unpaired) electrons. The van der Waals surface area contributed by atoms with Gasteiger partial charge in [0.05, 0.1) is 5.39 Å². The fraction of sp³-hybridized carbons (Fsp3) is 0.143. The fourth-order valence-corrected chi connectivity index (χ4v) is 3.03. The molecule has 0 fully saturated rings. The highest BCUT2D eigenvalue weighted by atomic mass is 32.1. The lowest BCUT2D eigenvalue weighted by Gasteiger charge is -2.01. The number of fused-ring (bicyclic) bond motifs is 1. The van der Waals surface area contributed by atoms with E-state index in [0.29, 0.717) is 16.8 Å². The predicted octanol–water partition coefficient (Wildman–Crippen LogP) is 3.41. The number of halogens is 1. The van der Waals surface area contributed by atoms with E-state index in [1.54, 1.807) is 12.1 Å². The van der Waals surface area contributed by atoms with E-state index in [1.807, 2.05) is 13.8 Å². The van der Waals surface area contributed by atoms with Crippen LogP contribution in [-0.2, 0) is 0 Å². The summed E-state index contributed by atoms with van der Waals surface area (Å²) in [5.41, 5.74) is 1.52. The topological polar surface area (TPSA) is 45.8 Å². The van der Waals surface area contributed by atoms with Gasteiger partial charge in [0.1, 0.15) is 16.5 Å². The second-order valence-electron chi connectivity index (χ2n) is 4.38. The molecule has 0 saturated heterocycles. The van der Waals surface area contributed by atoms with E-state index in [9.17, 15) is 9.18 Å². The highest BCUT2D eigenvalue weighted by molar-refractivity contribution is 7.18. The molecule has 0 spiro atoms. The average Bonchev–Trinajstić information content (AvgIpc) is 2.66. The monoisotopic (exact) mass is 274 g/mol. The first kappa shape index (κ1) is 12.0. The van der Waals surface area contributed by atoms with Gasteiger partial charge in [-0.2, -0.15) is 0 Å². The number of hydrogen-bond donors (Lipinski definition) is 1. The van der Waals surface area contributed by atoms with Crippen LogP contribution in [0.3, 0.4) is 0 Å². The first-order valence-electron chi connectivity index (χ1n) is 5.82. The third-order valence-electron chi connectivity index (χ3n) is 3.16. The normalized spacial score (nSPS) is 11.1. The van der Waals surface area contributed by atoms with Crippen molar-refractivity contribution in [3.8, 4) is 11.4 Å². The fourth-order valence-electron chi connectivity index (χ4n) is 2.00. The highest BCUT2D eigenvalue weighted by Gasteiger charge is 2.12. The van der Waals surface area contributed by atoms with Gasteiger partial charge in [0, 0.05) is 10.4 Å². The van der Waals surface area contributed by atoms with Gasteiger partial charge < -0.3 is 4.98 Å². The maximum Gasteiger partial charge on any atom is 0.260 e. The summed E-state index contributed by atoms with van der Waals surface area (Å²) < 4.78 is 12.9. The maximum absolute atomic E-state index is 12.9. The standard InChI is InChI=1S/C14H11FN2OS/c1-7-8(2)19-14-11(7)13(18)16-12(17-14)9-3-5-10(15)6-4-9/h3-6H,1-2H3,(H,16,17,18).